The molecule has 5 N–H and O–H groups in total. The smallest absolute Gasteiger partial charge is 0.268 e. The predicted octanol–water partition coefficient (Wildman–Crippen LogP) is 2.74. The van der Waals surface area contributed by atoms with Crippen LogP contribution in [0, 0.1) is 17.8 Å². The van der Waals surface area contributed by atoms with Gasteiger partial charge < -0.3 is 15.7 Å². The zero-order chi connectivity index (χ0) is 24.3. The van der Waals surface area contributed by atoms with Crippen LogP contribution < -0.4 is 16.1 Å². The molecule has 0 spiro atoms. The van der Waals surface area contributed by atoms with Crippen molar-refractivity contribution in [2.45, 2.75) is 57.7 Å². The van der Waals surface area contributed by atoms with E-state index in [1.54, 1.807) is 24.3 Å². The molecule has 1 fully saturated rings. The lowest BCUT2D eigenvalue weighted by atomic mass is 9.89. The number of aliphatic hydroxyl groups is 1. The molecule has 2 aromatic rings. The third-order valence-corrected chi connectivity index (χ3v) is 6.10. The molecule has 0 saturated heterocycles. The Labute approximate surface area is 200 Å². The van der Waals surface area contributed by atoms with Crippen molar-refractivity contribution < 1.29 is 19.9 Å². The van der Waals surface area contributed by atoms with Crippen molar-refractivity contribution >= 4 is 11.8 Å². The summed E-state index contributed by atoms with van der Waals surface area (Å²) in [7, 11) is 0. The summed E-state index contributed by atoms with van der Waals surface area (Å²) in [6.07, 6.45) is 5.63. The summed E-state index contributed by atoms with van der Waals surface area (Å²) in [6.45, 7) is 3.30. The molecule has 1 saturated carbocycles. The maximum atomic E-state index is 12.3. The van der Waals surface area contributed by atoms with E-state index in [-0.39, 0.29) is 0 Å². The van der Waals surface area contributed by atoms with Crippen molar-refractivity contribution in [2.24, 2.45) is 5.92 Å². The Kier molecular flexibility index (Phi) is 9.65. The van der Waals surface area contributed by atoms with Crippen molar-refractivity contribution in [3.8, 4) is 11.8 Å². The summed E-state index contributed by atoms with van der Waals surface area (Å²) in [6, 6.07) is 13.6. The van der Waals surface area contributed by atoms with Gasteiger partial charge >= 0.3 is 0 Å². The molecule has 180 valence electrons. The first-order chi connectivity index (χ1) is 16.5. The number of rotatable bonds is 8. The van der Waals surface area contributed by atoms with Gasteiger partial charge in [-0.05, 0) is 74.2 Å². The third-order valence-electron chi connectivity index (χ3n) is 6.10. The number of nitrogens with one attached hydrogen (secondary N) is 3. The molecule has 3 rings (SSSR count). The molecule has 2 amide bonds. The summed E-state index contributed by atoms with van der Waals surface area (Å²) >= 11 is 0. The van der Waals surface area contributed by atoms with Gasteiger partial charge in [-0.1, -0.05) is 43.2 Å². The molecular formula is C27H33N3O4. The number of benzene rings is 2. The standard InChI is InChI=1S/C27H33N3O4/c1-19(31)25(27(33)30-34)29-26(32)24-15-13-21(14-16-24)8-7-20-9-11-23(12-10-20)18-28-17-22-5-3-2-4-6-22/h9-16,19,22,25,28,31,34H,2-6,17-18H2,1H3,(H,29,32)(H,30,33)/t19-,25+/m1/s1. The van der Waals surface area contributed by atoms with E-state index in [4.69, 9.17) is 5.21 Å². The van der Waals surface area contributed by atoms with Crippen LogP contribution in [0.15, 0.2) is 48.5 Å². The highest BCUT2D eigenvalue weighted by Crippen LogP contribution is 2.22. The van der Waals surface area contributed by atoms with Crippen LogP contribution in [0.5, 0.6) is 0 Å². The van der Waals surface area contributed by atoms with E-state index in [9.17, 15) is 14.7 Å². The first-order valence-corrected chi connectivity index (χ1v) is 11.8. The van der Waals surface area contributed by atoms with Crippen LogP contribution in [0.25, 0.3) is 0 Å². The Morgan fingerprint density at radius 2 is 1.56 bits per heavy atom. The summed E-state index contributed by atoms with van der Waals surface area (Å²) in [4.78, 5) is 23.9. The molecule has 0 unspecified atom stereocenters. The molecule has 0 bridgehead atoms. The van der Waals surface area contributed by atoms with E-state index in [0.29, 0.717) is 5.56 Å². The number of carbonyl (C=O) groups excluding carboxylic acids is 2. The molecule has 1 aliphatic carbocycles. The van der Waals surface area contributed by atoms with E-state index in [1.807, 2.05) is 12.1 Å². The topological polar surface area (TPSA) is 111 Å². The number of hydrogen-bond acceptors (Lipinski definition) is 5. The molecule has 0 radical (unpaired) electrons. The number of amides is 2. The minimum absolute atomic E-state index is 0.312. The van der Waals surface area contributed by atoms with Gasteiger partial charge in [0.1, 0.15) is 6.04 Å². The predicted molar refractivity (Wildman–Crippen MR) is 130 cm³/mol. The molecule has 1 aliphatic rings. The third kappa shape index (κ3) is 7.70. The van der Waals surface area contributed by atoms with Crippen molar-refractivity contribution in [1.82, 2.24) is 16.1 Å². The minimum Gasteiger partial charge on any atom is -0.391 e. The molecule has 0 aliphatic heterocycles. The zero-order valence-electron chi connectivity index (χ0n) is 19.5. The molecule has 0 heterocycles. The van der Waals surface area contributed by atoms with Crippen LogP contribution in [-0.4, -0.2) is 40.8 Å². The second-order valence-corrected chi connectivity index (χ2v) is 8.83. The van der Waals surface area contributed by atoms with E-state index in [0.717, 1.165) is 30.1 Å². The van der Waals surface area contributed by atoms with Crippen LogP contribution in [-0.2, 0) is 11.3 Å². The molecule has 7 nitrogen and oxygen atoms in total. The van der Waals surface area contributed by atoms with Gasteiger partial charge in [0, 0.05) is 23.2 Å². The summed E-state index contributed by atoms with van der Waals surface area (Å²) < 4.78 is 0. The van der Waals surface area contributed by atoms with Crippen LogP contribution in [0.2, 0.25) is 0 Å². The lowest BCUT2D eigenvalue weighted by molar-refractivity contribution is -0.133. The maximum absolute atomic E-state index is 12.3. The van der Waals surface area contributed by atoms with Crippen molar-refractivity contribution in [3.63, 3.8) is 0 Å². The van der Waals surface area contributed by atoms with Crippen molar-refractivity contribution in [1.29, 1.82) is 0 Å². The largest absolute Gasteiger partial charge is 0.391 e. The van der Waals surface area contributed by atoms with Crippen molar-refractivity contribution in [3.05, 3.63) is 70.8 Å². The molecule has 2 aromatic carbocycles. The normalized spacial score (nSPS) is 15.5. The number of hydroxylamine groups is 1. The molecule has 0 aromatic heterocycles. The van der Waals surface area contributed by atoms with Gasteiger partial charge in [-0.15, -0.1) is 0 Å². The second-order valence-electron chi connectivity index (χ2n) is 8.83. The Bertz CT molecular complexity index is 1000. The highest BCUT2D eigenvalue weighted by molar-refractivity contribution is 5.97. The highest BCUT2D eigenvalue weighted by atomic mass is 16.5. The second kappa shape index (κ2) is 12.9. The molecule has 2 atom stereocenters. The number of carbonyl (C=O) groups is 2. The fraction of sp³-hybridized carbons (Fsp3) is 0.407. The van der Waals surface area contributed by atoms with Crippen LogP contribution in [0.4, 0.5) is 0 Å². The van der Waals surface area contributed by atoms with E-state index in [1.165, 1.54) is 50.1 Å². The first-order valence-electron chi connectivity index (χ1n) is 11.8. The Morgan fingerprint density at radius 1 is 0.971 bits per heavy atom. The summed E-state index contributed by atoms with van der Waals surface area (Å²) in [5.41, 5.74) is 4.64. The lowest BCUT2D eigenvalue weighted by Gasteiger charge is -2.21. The van der Waals surface area contributed by atoms with E-state index < -0.39 is 24.0 Å². The Balaban J connectivity index is 1.51. The van der Waals surface area contributed by atoms with Crippen LogP contribution in [0.3, 0.4) is 0 Å². The van der Waals surface area contributed by atoms with Crippen molar-refractivity contribution in [2.75, 3.05) is 6.54 Å². The maximum Gasteiger partial charge on any atom is 0.268 e. The van der Waals surface area contributed by atoms with Gasteiger partial charge in [0.25, 0.3) is 11.8 Å². The highest BCUT2D eigenvalue weighted by Gasteiger charge is 2.25. The fourth-order valence-corrected chi connectivity index (χ4v) is 4.07. The van der Waals surface area contributed by atoms with Crippen LogP contribution >= 0.6 is 0 Å². The summed E-state index contributed by atoms with van der Waals surface area (Å²) in [5.74, 6) is 5.60. The molecular weight excluding hydrogens is 430 g/mol. The van der Waals surface area contributed by atoms with E-state index >= 15 is 0 Å². The van der Waals surface area contributed by atoms with Gasteiger partial charge in [-0.3, -0.25) is 14.8 Å². The van der Waals surface area contributed by atoms with Crippen LogP contribution in [0.1, 0.15) is 66.1 Å². The van der Waals surface area contributed by atoms with Gasteiger partial charge in [0.15, 0.2) is 0 Å². The Hall–Kier alpha value is -3.18. The quantitative estimate of drug-likeness (QED) is 0.235. The lowest BCUT2D eigenvalue weighted by Crippen LogP contribution is -2.51. The SMILES string of the molecule is C[C@@H](O)[C@H](NC(=O)c1ccc(C#Cc2ccc(CNCC3CCCCC3)cc2)cc1)C(=O)NO. The zero-order valence-corrected chi connectivity index (χ0v) is 19.5. The number of aliphatic hydroxyl groups excluding tert-OH is 1. The average Bonchev–Trinajstić information content (AvgIpc) is 2.87. The summed E-state index contributed by atoms with van der Waals surface area (Å²) in [5, 5.41) is 24.4. The molecule has 34 heavy (non-hydrogen) atoms. The van der Waals surface area contributed by atoms with Gasteiger partial charge in [0.05, 0.1) is 6.10 Å². The Morgan fingerprint density at radius 3 is 2.12 bits per heavy atom. The van der Waals surface area contributed by atoms with Gasteiger partial charge in [-0.25, -0.2) is 5.48 Å². The van der Waals surface area contributed by atoms with Gasteiger partial charge in [-0.2, -0.15) is 0 Å². The monoisotopic (exact) mass is 463 g/mol. The number of hydrogen-bond donors (Lipinski definition) is 5. The van der Waals surface area contributed by atoms with Gasteiger partial charge in [0.2, 0.25) is 0 Å². The first kappa shape index (κ1) is 25.4. The van der Waals surface area contributed by atoms with E-state index in [2.05, 4.69) is 34.6 Å². The molecule has 7 heteroatoms. The fourth-order valence-electron chi connectivity index (χ4n) is 4.07. The minimum atomic E-state index is -1.26. The average molecular weight is 464 g/mol.